The van der Waals surface area contributed by atoms with Crippen LogP contribution in [0.4, 0.5) is 0 Å². The van der Waals surface area contributed by atoms with Crippen molar-refractivity contribution < 1.29 is 40.2 Å². The fourth-order valence-corrected chi connectivity index (χ4v) is 2.19. The molecule has 0 saturated carbocycles. The molecule has 4 atom stereocenters. The van der Waals surface area contributed by atoms with Gasteiger partial charge in [-0.05, 0) is 19.5 Å². The zero-order chi connectivity index (χ0) is 18.3. The Morgan fingerprint density at radius 3 is 2.04 bits per heavy atom. The molecule has 6 N–H and O–H groups in total. The lowest BCUT2D eigenvalue weighted by Gasteiger charge is -2.37. The molecule has 1 aromatic carbocycles. The normalized spacial score (nSPS) is 22.6. The second-order valence-electron chi connectivity index (χ2n) is 5.49. The Bertz CT molecular complexity index is 520. The molecule has 1 aromatic rings. The lowest BCUT2D eigenvalue weighted by molar-refractivity contribution is -0.165. The molecule has 1 fully saturated rings. The summed E-state index contributed by atoms with van der Waals surface area (Å²) in [4.78, 5) is 21.9. The molecule has 9 heteroatoms. The minimum absolute atomic E-state index is 0. The first-order chi connectivity index (χ1) is 11.3. The molecular formula is C16H25NO8. The zero-order valence-electron chi connectivity index (χ0n) is 14.1. The number of carbonyl (C=O) groups is 2. The summed E-state index contributed by atoms with van der Waals surface area (Å²) in [5.74, 6) is -3.54. The van der Waals surface area contributed by atoms with Gasteiger partial charge in [-0.25, -0.2) is 9.59 Å². The van der Waals surface area contributed by atoms with Crippen LogP contribution in [0.1, 0.15) is 18.6 Å². The van der Waals surface area contributed by atoms with Crippen LogP contribution in [0.5, 0.6) is 0 Å². The molecule has 1 saturated heterocycles. The van der Waals surface area contributed by atoms with Gasteiger partial charge in [-0.15, -0.1) is 0 Å². The Balaban J connectivity index is 0.000000471. The first kappa shape index (κ1) is 23.0. The lowest BCUT2D eigenvalue weighted by Crippen LogP contribution is -2.42. The van der Waals surface area contributed by atoms with Gasteiger partial charge in [-0.2, -0.15) is 0 Å². The van der Waals surface area contributed by atoms with Crippen LogP contribution in [0.15, 0.2) is 30.3 Å². The Morgan fingerprint density at radius 1 is 1.12 bits per heavy atom. The molecule has 1 heterocycles. The zero-order valence-corrected chi connectivity index (χ0v) is 14.1. The van der Waals surface area contributed by atoms with Crippen LogP contribution in [0.3, 0.4) is 0 Å². The summed E-state index contributed by atoms with van der Waals surface area (Å²) in [6.45, 7) is 4.09. The van der Waals surface area contributed by atoms with Crippen molar-refractivity contribution in [1.29, 1.82) is 0 Å². The summed E-state index contributed by atoms with van der Waals surface area (Å²) in [7, 11) is 2.16. The fourth-order valence-electron chi connectivity index (χ4n) is 2.19. The van der Waals surface area contributed by atoms with E-state index in [4.69, 9.17) is 25.2 Å². The van der Waals surface area contributed by atoms with Crippen LogP contribution in [-0.2, 0) is 14.3 Å². The highest BCUT2D eigenvalue weighted by Crippen LogP contribution is 2.26. The molecule has 0 spiro atoms. The fraction of sp³-hybridized carbons (Fsp3) is 0.500. The molecule has 1 aliphatic rings. The number of aliphatic carboxylic acids is 2. The third kappa shape index (κ3) is 6.77. The largest absolute Gasteiger partial charge is 0.479 e. The summed E-state index contributed by atoms with van der Waals surface area (Å²) in [6, 6.07) is 10.9. The van der Waals surface area contributed by atoms with Crippen molar-refractivity contribution in [3.63, 3.8) is 0 Å². The van der Waals surface area contributed by atoms with Gasteiger partial charge in [-0.3, -0.25) is 4.90 Å². The van der Waals surface area contributed by atoms with Crippen LogP contribution in [-0.4, -0.2) is 81.2 Å². The molecule has 142 valence electrons. The molecule has 1 aliphatic heterocycles. The van der Waals surface area contributed by atoms with E-state index in [9.17, 15) is 9.59 Å². The van der Waals surface area contributed by atoms with Gasteiger partial charge in [0.1, 0.15) is 0 Å². The SMILES string of the molecule is C[C@H]1[C@H](c2ccccc2)OCCN1C.O.O=C(O)C(O)C(O)C(=O)O. The highest BCUT2D eigenvalue weighted by atomic mass is 16.5. The van der Waals surface area contributed by atoms with Crippen molar-refractivity contribution >= 4 is 11.9 Å². The number of hydrogen-bond acceptors (Lipinski definition) is 6. The summed E-state index contributed by atoms with van der Waals surface area (Å²) >= 11 is 0. The van der Waals surface area contributed by atoms with Crippen molar-refractivity contribution in [1.82, 2.24) is 4.90 Å². The van der Waals surface area contributed by atoms with Gasteiger partial charge in [0.25, 0.3) is 0 Å². The number of hydrogen-bond donors (Lipinski definition) is 4. The van der Waals surface area contributed by atoms with E-state index in [0.29, 0.717) is 6.04 Å². The third-order valence-electron chi connectivity index (χ3n) is 3.81. The number of rotatable bonds is 4. The maximum Gasteiger partial charge on any atom is 0.335 e. The Hall–Kier alpha value is -2.04. The monoisotopic (exact) mass is 359 g/mol. The first-order valence-electron chi connectivity index (χ1n) is 7.44. The number of ether oxygens (including phenoxy) is 1. The number of aliphatic hydroxyl groups is 2. The maximum atomic E-state index is 9.77. The van der Waals surface area contributed by atoms with Gasteiger partial charge in [0.15, 0.2) is 12.2 Å². The number of aliphatic hydroxyl groups excluding tert-OH is 2. The second-order valence-corrected chi connectivity index (χ2v) is 5.49. The van der Waals surface area contributed by atoms with E-state index in [-0.39, 0.29) is 11.6 Å². The van der Waals surface area contributed by atoms with Gasteiger partial charge < -0.3 is 30.6 Å². The lowest BCUT2D eigenvalue weighted by atomic mass is 10.0. The summed E-state index contributed by atoms with van der Waals surface area (Å²) in [5.41, 5.74) is 1.28. The van der Waals surface area contributed by atoms with Gasteiger partial charge in [0, 0.05) is 12.6 Å². The number of carboxylic acids is 2. The maximum absolute atomic E-state index is 9.77. The number of morpholine rings is 1. The summed E-state index contributed by atoms with van der Waals surface area (Å²) < 4.78 is 5.80. The van der Waals surface area contributed by atoms with Crippen molar-refractivity contribution in [3.8, 4) is 0 Å². The van der Waals surface area contributed by atoms with Crippen molar-refractivity contribution in [2.75, 3.05) is 20.2 Å². The van der Waals surface area contributed by atoms with E-state index in [2.05, 4.69) is 43.1 Å². The topological polar surface area (TPSA) is 159 Å². The predicted molar refractivity (Wildman–Crippen MR) is 88.1 cm³/mol. The average molecular weight is 359 g/mol. The van der Waals surface area contributed by atoms with E-state index in [1.165, 1.54) is 5.56 Å². The van der Waals surface area contributed by atoms with Crippen LogP contribution in [0, 0.1) is 0 Å². The van der Waals surface area contributed by atoms with Crippen LogP contribution >= 0.6 is 0 Å². The number of carboxylic acid groups (broad SMARTS) is 2. The molecule has 25 heavy (non-hydrogen) atoms. The van der Waals surface area contributed by atoms with E-state index in [0.717, 1.165) is 13.2 Å². The number of nitrogens with zero attached hydrogens (tertiary/aromatic N) is 1. The summed E-state index contributed by atoms with van der Waals surface area (Å²) in [6.07, 6.45) is -4.30. The van der Waals surface area contributed by atoms with Crippen molar-refractivity contribution in [2.45, 2.75) is 31.3 Å². The molecule has 9 nitrogen and oxygen atoms in total. The van der Waals surface area contributed by atoms with Crippen LogP contribution < -0.4 is 0 Å². The smallest absolute Gasteiger partial charge is 0.335 e. The molecule has 0 bridgehead atoms. The standard InChI is InChI=1S/C12H17NO.C4H6O6.H2O/c1-10-12(14-9-8-13(10)2)11-6-4-3-5-7-11;5-1(3(7)8)2(6)4(9)10;/h3-7,10,12H,8-9H2,1-2H3;1-2,5-6H,(H,7,8)(H,9,10);1H2/t10-,12+;;/m0../s1. The van der Waals surface area contributed by atoms with Crippen LogP contribution in [0.2, 0.25) is 0 Å². The minimum atomic E-state index is -2.27. The van der Waals surface area contributed by atoms with Gasteiger partial charge in [-0.1, -0.05) is 30.3 Å². The van der Waals surface area contributed by atoms with Gasteiger partial charge in [0.05, 0.1) is 12.7 Å². The van der Waals surface area contributed by atoms with Crippen molar-refractivity contribution in [2.24, 2.45) is 0 Å². The highest BCUT2D eigenvalue weighted by molar-refractivity contribution is 5.83. The molecule has 0 aliphatic carbocycles. The Kier molecular flexibility index (Phi) is 9.87. The van der Waals surface area contributed by atoms with Crippen LogP contribution in [0.25, 0.3) is 0 Å². The molecule has 0 radical (unpaired) electrons. The van der Waals surface area contributed by atoms with Gasteiger partial charge >= 0.3 is 11.9 Å². The van der Waals surface area contributed by atoms with E-state index >= 15 is 0 Å². The third-order valence-corrected chi connectivity index (χ3v) is 3.81. The Morgan fingerprint density at radius 2 is 1.60 bits per heavy atom. The molecule has 0 aromatic heterocycles. The van der Waals surface area contributed by atoms with E-state index in [1.807, 2.05) is 6.07 Å². The number of likely N-dealkylation sites (N-methyl/N-ethyl adjacent to an activating group) is 1. The van der Waals surface area contributed by atoms with E-state index in [1.54, 1.807) is 0 Å². The molecular weight excluding hydrogens is 334 g/mol. The Labute approximate surface area is 145 Å². The molecule has 0 amide bonds. The predicted octanol–water partition coefficient (Wildman–Crippen LogP) is -0.869. The van der Waals surface area contributed by atoms with Crippen molar-refractivity contribution in [3.05, 3.63) is 35.9 Å². The molecule has 2 unspecified atom stereocenters. The quantitative estimate of drug-likeness (QED) is 0.540. The van der Waals surface area contributed by atoms with Gasteiger partial charge in [0.2, 0.25) is 0 Å². The summed E-state index contributed by atoms with van der Waals surface area (Å²) in [5, 5.41) is 32.5. The molecule has 2 rings (SSSR count). The number of benzene rings is 1. The second kappa shape index (κ2) is 10.7. The van der Waals surface area contributed by atoms with E-state index < -0.39 is 24.1 Å². The highest BCUT2D eigenvalue weighted by Gasteiger charge is 2.29. The minimum Gasteiger partial charge on any atom is -0.479 e. The average Bonchev–Trinajstić information content (AvgIpc) is 2.57. The first-order valence-corrected chi connectivity index (χ1v) is 7.44.